The zero-order chi connectivity index (χ0) is 18.8. The Balaban J connectivity index is 2.34. The highest BCUT2D eigenvalue weighted by atomic mass is 19.4. The van der Waals surface area contributed by atoms with Crippen molar-refractivity contribution in [2.75, 3.05) is 0 Å². The summed E-state index contributed by atoms with van der Waals surface area (Å²) in [6.07, 6.45) is -0.682. The normalized spacial score (nSPS) is 12.5. The minimum absolute atomic E-state index is 0.178. The Morgan fingerprint density at radius 3 is 1.64 bits per heavy atom. The first-order valence-corrected chi connectivity index (χ1v) is 8.31. The number of rotatable bonds is 4. The monoisotopic (exact) mass is 348 g/mol. The molecule has 0 aliphatic heterocycles. The van der Waals surface area contributed by atoms with Gasteiger partial charge in [0.05, 0.1) is 5.56 Å². The van der Waals surface area contributed by atoms with Gasteiger partial charge in [0.2, 0.25) is 0 Å². The quantitative estimate of drug-likeness (QED) is 0.601. The van der Waals surface area contributed by atoms with Crippen molar-refractivity contribution < 1.29 is 18.3 Å². The van der Waals surface area contributed by atoms with Gasteiger partial charge in [-0.25, -0.2) is 0 Å². The highest BCUT2D eigenvalue weighted by Gasteiger charge is 2.29. The number of hydrogen-bond acceptors (Lipinski definition) is 1. The van der Waals surface area contributed by atoms with Crippen LogP contribution in [0.25, 0.3) is 12.2 Å². The van der Waals surface area contributed by atoms with Crippen LogP contribution in [0.1, 0.15) is 67.3 Å². The second kappa shape index (κ2) is 7.34. The third kappa shape index (κ3) is 4.65. The first-order chi connectivity index (χ1) is 11.6. The van der Waals surface area contributed by atoms with E-state index in [2.05, 4.69) is 0 Å². The average Bonchev–Trinajstić information content (AvgIpc) is 2.52. The zero-order valence-corrected chi connectivity index (χ0v) is 14.9. The van der Waals surface area contributed by atoms with E-state index in [9.17, 15) is 18.3 Å². The Bertz CT molecular complexity index is 725. The van der Waals surface area contributed by atoms with Crippen molar-refractivity contribution in [3.63, 3.8) is 0 Å². The molecule has 0 unspecified atom stereocenters. The van der Waals surface area contributed by atoms with Gasteiger partial charge in [-0.15, -0.1) is 0 Å². The summed E-state index contributed by atoms with van der Waals surface area (Å²) in [7, 11) is 0. The topological polar surface area (TPSA) is 20.2 Å². The van der Waals surface area contributed by atoms with E-state index in [0.29, 0.717) is 11.3 Å². The molecule has 0 fully saturated rings. The molecule has 2 aromatic rings. The molecule has 0 aliphatic rings. The second-order valence-corrected chi connectivity index (χ2v) is 6.81. The van der Waals surface area contributed by atoms with Gasteiger partial charge in [-0.2, -0.15) is 13.2 Å². The molecule has 0 radical (unpaired) electrons. The molecule has 0 aromatic heterocycles. The molecule has 0 spiro atoms. The van der Waals surface area contributed by atoms with Crippen molar-refractivity contribution in [3.8, 4) is 5.75 Å². The van der Waals surface area contributed by atoms with E-state index >= 15 is 0 Å². The van der Waals surface area contributed by atoms with Crippen LogP contribution in [0.15, 0.2) is 36.4 Å². The number of hydrogen-bond donors (Lipinski definition) is 1. The van der Waals surface area contributed by atoms with E-state index in [0.717, 1.165) is 28.8 Å². The van der Waals surface area contributed by atoms with E-state index in [-0.39, 0.29) is 11.8 Å². The maximum Gasteiger partial charge on any atom is 0.416 e. The van der Waals surface area contributed by atoms with Crippen LogP contribution in [0, 0.1) is 0 Å². The lowest BCUT2D eigenvalue weighted by atomic mass is 9.91. The molecule has 0 saturated heterocycles. The van der Waals surface area contributed by atoms with Crippen LogP contribution in [0.2, 0.25) is 0 Å². The van der Waals surface area contributed by atoms with Gasteiger partial charge in [-0.1, -0.05) is 52.0 Å². The van der Waals surface area contributed by atoms with Crippen molar-refractivity contribution in [1.82, 2.24) is 0 Å². The molecule has 2 aromatic carbocycles. The smallest absolute Gasteiger partial charge is 0.416 e. The molecular formula is C21H23F3O. The Morgan fingerprint density at radius 1 is 0.800 bits per heavy atom. The van der Waals surface area contributed by atoms with Crippen LogP contribution in [-0.2, 0) is 6.18 Å². The minimum atomic E-state index is -4.32. The minimum Gasteiger partial charge on any atom is -0.507 e. The summed E-state index contributed by atoms with van der Waals surface area (Å²) in [5.41, 5.74) is 2.71. The molecule has 4 heteroatoms. The van der Waals surface area contributed by atoms with E-state index < -0.39 is 11.7 Å². The number of halogens is 3. The van der Waals surface area contributed by atoms with Crippen molar-refractivity contribution in [1.29, 1.82) is 0 Å². The lowest BCUT2D eigenvalue weighted by molar-refractivity contribution is -0.137. The standard InChI is InChI=1S/C21H23F3O/c1-13(2)18-11-16(12-19(14(3)4)20(18)25)6-5-15-7-9-17(10-8-15)21(22,23)24/h5-14,25H,1-4H3/b6-5+. The SMILES string of the molecule is CC(C)c1cc(/C=C/c2ccc(C(F)(F)F)cc2)cc(C(C)C)c1O. The van der Waals surface area contributed by atoms with Crippen molar-refractivity contribution >= 4 is 12.2 Å². The summed E-state index contributed by atoms with van der Waals surface area (Å²) < 4.78 is 37.8. The fourth-order valence-electron chi connectivity index (χ4n) is 2.66. The third-order valence-electron chi connectivity index (χ3n) is 4.14. The van der Waals surface area contributed by atoms with Crippen molar-refractivity contribution in [2.24, 2.45) is 0 Å². The molecule has 0 amide bonds. The van der Waals surface area contributed by atoms with Gasteiger partial charge in [-0.3, -0.25) is 0 Å². The summed E-state index contributed by atoms with van der Waals surface area (Å²) in [4.78, 5) is 0. The van der Waals surface area contributed by atoms with Crippen LogP contribution in [-0.4, -0.2) is 5.11 Å². The first kappa shape index (κ1) is 19.1. The predicted octanol–water partition coefficient (Wildman–Crippen LogP) is 6.83. The van der Waals surface area contributed by atoms with Gasteiger partial charge in [-0.05, 0) is 58.4 Å². The van der Waals surface area contributed by atoms with Gasteiger partial charge in [0.15, 0.2) is 0 Å². The second-order valence-electron chi connectivity index (χ2n) is 6.81. The molecule has 0 atom stereocenters. The van der Waals surface area contributed by atoms with Gasteiger partial charge in [0, 0.05) is 0 Å². The van der Waals surface area contributed by atoms with E-state index in [1.54, 1.807) is 6.08 Å². The van der Waals surface area contributed by atoms with Crippen LogP contribution in [0.5, 0.6) is 5.75 Å². The Morgan fingerprint density at radius 2 is 1.24 bits per heavy atom. The number of phenolic OH excluding ortho intramolecular Hbond substituents is 1. The Labute approximate surface area is 146 Å². The number of aromatic hydroxyl groups is 1. The van der Waals surface area contributed by atoms with Gasteiger partial charge in [0.1, 0.15) is 5.75 Å². The summed E-state index contributed by atoms with van der Waals surface area (Å²) in [6, 6.07) is 8.91. The van der Waals surface area contributed by atoms with Crippen molar-refractivity contribution in [3.05, 3.63) is 64.2 Å². The zero-order valence-electron chi connectivity index (χ0n) is 14.9. The maximum atomic E-state index is 12.6. The van der Waals surface area contributed by atoms with Crippen LogP contribution in [0.4, 0.5) is 13.2 Å². The molecule has 0 saturated carbocycles. The van der Waals surface area contributed by atoms with Gasteiger partial charge in [0.25, 0.3) is 0 Å². The van der Waals surface area contributed by atoms with Crippen LogP contribution in [0.3, 0.4) is 0 Å². The average molecular weight is 348 g/mol. The number of phenols is 1. The Kier molecular flexibility index (Phi) is 5.61. The highest BCUT2D eigenvalue weighted by Crippen LogP contribution is 2.35. The van der Waals surface area contributed by atoms with E-state index in [4.69, 9.17) is 0 Å². The fourth-order valence-corrected chi connectivity index (χ4v) is 2.66. The molecule has 0 aliphatic carbocycles. The highest BCUT2D eigenvalue weighted by molar-refractivity contribution is 5.71. The molecule has 1 N–H and O–H groups in total. The maximum absolute atomic E-state index is 12.6. The van der Waals surface area contributed by atoms with Crippen LogP contribution < -0.4 is 0 Å². The largest absolute Gasteiger partial charge is 0.507 e. The summed E-state index contributed by atoms with van der Waals surface area (Å²) in [5, 5.41) is 10.4. The fraction of sp³-hybridized carbons (Fsp3) is 0.333. The lowest BCUT2D eigenvalue weighted by Gasteiger charge is -2.16. The van der Waals surface area contributed by atoms with Crippen LogP contribution >= 0.6 is 0 Å². The van der Waals surface area contributed by atoms with E-state index in [1.807, 2.05) is 45.9 Å². The molecule has 2 rings (SSSR count). The molecular weight excluding hydrogens is 325 g/mol. The van der Waals surface area contributed by atoms with Crippen molar-refractivity contribution in [2.45, 2.75) is 45.7 Å². The van der Waals surface area contributed by atoms with Gasteiger partial charge >= 0.3 is 6.18 Å². The summed E-state index contributed by atoms with van der Waals surface area (Å²) in [5.74, 6) is 0.686. The predicted molar refractivity (Wildman–Crippen MR) is 96.7 cm³/mol. The van der Waals surface area contributed by atoms with Gasteiger partial charge < -0.3 is 5.11 Å². The summed E-state index contributed by atoms with van der Waals surface area (Å²) >= 11 is 0. The molecule has 0 heterocycles. The first-order valence-electron chi connectivity index (χ1n) is 8.31. The molecule has 0 bridgehead atoms. The molecule has 1 nitrogen and oxygen atoms in total. The number of benzene rings is 2. The lowest BCUT2D eigenvalue weighted by Crippen LogP contribution is -2.03. The Hall–Kier alpha value is -2.23. The summed E-state index contributed by atoms with van der Waals surface area (Å²) in [6.45, 7) is 8.07. The number of alkyl halides is 3. The molecule has 25 heavy (non-hydrogen) atoms. The van der Waals surface area contributed by atoms with E-state index in [1.165, 1.54) is 12.1 Å². The third-order valence-corrected chi connectivity index (χ3v) is 4.14. The molecule has 134 valence electrons.